The van der Waals surface area contributed by atoms with Crippen LogP contribution in [0, 0.1) is 11.2 Å². The van der Waals surface area contributed by atoms with E-state index in [1.807, 2.05) is 0 Å². The van der Waals surface area contributed by atoms with Gasteiger partial charge in [-0.2, -0.15) is 0 Å². The lowest BCUT2D eigenvalue weighted by atomic mass is 9.79. The zero-order valence-corrected chi connectivity index (χ0v) is 9.04. The molecule has 1 unspecified atom stereocenters. The van der Waals surface area contributed by atoms with E-state index < -0.39 is 6.10 Å². The fraction of sp³-hybridized carbons (Fsp3) is 0.538. The molecular formula is C13H17FO. The average Bonchev–Trinajstić information content (AvgIpc) is 2.66. The number of hydrogen-bond donors (Lipinski definition) is 1. The Hall–Kier alpha value is -0.890. The summed E-state index contributed by atoms with van der Waals surface area (Å²) < 4.78 is 13.5. The molecule has 1 aromatic carbocycles. The summed E-state index contributed by atoms with van der Waals surface area (Å²) in [5.41, 5.74) is 0.309. The van der Waals surface area contributed by atoms with Crippen molar-refractivity contribution in [1.82, 2.24) is 0 Å². The van der Waals surface area contributed by atoms with Gasteiger partial charge in [-0.1, -0.05) is 38.0 Å². The summed E-state index contributed by atoms with van der Waals surface area (Å²) in [6.07, 6.45) is 3.59. The van der Waals surface area contributed by atoms with Gasteiger partial charge in [-0.15, -0.1) is 0 Å². The summed E-state index contributed by atoms with van der Waals surface area (Å²) in [5.74, 6) is -0.293. The van der Waals surface area contributed by atoms with E-state index in [4.69, 9.17) is 0 Å². The number of aliphatic hydroxyl groups is 1. The minimum Gasteiger partial charge on any atom is -0.388 e. The van der Waals surface area contributed by atoms with Crippen LogP contribution in [0.5, 0.6) is 0 Å². The molecule has 0 saturated heterocycles. The predicted molar refractivity (Wildman–Crippen MR) is 57.9 cm³/mol. The van der Waals surface area contributed by atoms with Crippen LogP contribution in [0.25, 0.3) is 0 Å². The Morgan fingerprint density at radius 2 is 1.87 bits per heavy atom. The van der Waals surface area contributed by atoms with Crippen LogP contribution in [-0.4, -0.2) is 5.11 Å². The minimum absolute atomic E-state index is 0.137. The Kier molecular flexibility index (Phi) is 2.79. The topological polar surface area (TPSA) is 20.2 Å². The molecule has 1 fully saturated rings. The van der Waals surface area contributed by atoms with Crippen molar-refractivity contribution >= 4 is 0 Å². The molecule has 0 heterocycles. The summed E-state index contributed by atoms with van der Waals surface area (Å²) in [7, 11) is 0. The van der Waals surface area contributed by atoms with Gasteiger partial charge >= 0.3 is 0 Å². The van der Waals surface area contributed by atoms with E-state index in [0.717, 1.165) is 25.7 Å². The lowest BCUT2D eigenvalue weighted by Gasteiger charge is -2.30. The van der Waals surface area contributed by atoms with Crippen LogP contribution in [-0.2, 0) is 0 Å². The maximum absolute atomic E-state index is 13.5. The van der Waals surface area contributed by atoms with Gasteiger partial charge < -0.3 is 5.11 Å². The first-order valence-electron chi connectivity index (χ1n) is 5.56. The van der Waals surface area contributed by atoms with Crippen molar-refractivity contribution < 1.29 is 9.50 Å². The SMILES string of the molecule is CC1(C(O)c2ccccc2F)CCCC1. The van der Waals surface area contributed by atoms with Crippen LogP contribution >= 0.6 is 0 Å². The highest BCUT2D eigenvalue weighted by atomic mass is 19.1. The minimum atomic E-state index is -0.666. The van der Waals surface area contributed by atoms with Crippen molar-refractivity contribution in [3.63, 3.8) is 0 Å². The Morgan fingerprint density at radius 1 is 1.27 bits per heavy atom. The maximum atomic E-state index is 13.5. The molecule has 0 aliphatic heterocycles. The zero-order chi connectivity index (χ0) is 10.9. The first-order chi connectivity index (χ1) is 7.13. The van der Waals surface area contributed by atoms with Crippen molar-refractivity contribution in [2.45, 2.75) is 38.7 Å². The van der Waals surface area contributed by atoms with Crippen LogP contribution in [0.1, 0.15) is 44.3 Å². The summed E-state index contributed by atoms with van der Waals surface area (Å²) in [6, 6.07) is 6.53. The number of hydrogen-bond acceptors (Lipinski definition) is 1. The predicted octanol–water partition coefficient (Wildman–Crippen LogP) is 3.44. The van der Waals surface area contributed by atoms with Gasteiger partial charge in [0, 0.05) is 5.56 Å². The third-order valence-corrected chi connectivity index (χ3v) is 3.61. The summed E-state index contributed by atoms with van der Waals surface area (Å²) in [6.45, 7) is 2.05. The van der Waals surface area contributed by atoms with Crippen molar-refractivity contribution in [3.05, 3.63) is 35.6 Å². The van der Waals surface area contributed by atoms with E-state index >= 15 is 0 Å². The van der Waals surface area contributed by atoms with Crippen molar-refractivity contribution in [2.75, 3.05) is 0 Å². The molecule has 2 heteroatoms. The van der Waals surface area contributed by atoms with E-state index in [0.29, 0.717) is 5.56 Å². The van der Waals surface area contributed by atoms with Gasteiger partial charge in [0.05, 0.1) is 6.10 Å². The molecule has 2 rings (SSSR count). The second-order valence-corrected chi connectivity index (χ2v) is 4.79. The second kappa shape index (κ2) is 3.93. The van der Waals surface area contributed by atoms with Gasteiger partial charge in [0.2, 0.25) is 0 Å². The van der Waals surface area contributed by atoms with E-state index in [9.17, 15) is 9.50 Å². The van der Waals surface area contributed by atoms with Crippen LogP contribution in [0.2, 0.25) is 0 Å². The van der Waals surface area contributed by atoms with Gasteiger partial charge in [0.1, 0.15) is 5.82 Å². The van der Waals surface area contributed by atoms with E-state index in [-0.39, 0.29) is 11.2 Å². The fourth-order valence-corrected chi connectivity index (χ4v) is 2.53. The maximum Gasteiger partial charge on any atom is 0.129 e. The third kappa shape index (κ3) is 1.91. The molecule has 1 atom stereocenters. The summed E-state index contributed by atoms with van der Waals surface area (Å²) >= 11 is 0. The van der Waals surface area contributed by atoms with Crippen LogP contribution in [0.4, 0.5) is 4.39 Å². The van der Waals surface area contributed by atoms with Gasteiger partial charge in [-0.05, 0) is 24.3 Å². The molecule has 1 nitrogen and oxygen atoms in total. The molecular weight excluding hydrogens is 191 g/mol. The van der Waals surface area contributed by atoms with Gasteiger partial charge in [-0.25, -0.2) is 4.39 Å². The molecule has 1 N–H and O–H groups in total. The first-order valence-corrected chi connectivity index (χ1v) is 5.56. The number of benzene rings is 1. The second-order valence-electron chi connectivity index (χ2n) is 4.79. The monoisotopic (exact) mass is 208 g/mol. The third-order valence-electron chi connectivity index (χ3n) is 3.61. The standard InChI is InChI=1S/C13H17FO/c1-13(8-4-5-9-13)12(15)10-6-2-3-7-11(10)14/h2-3,6-7,12,15H,4-5,8-9H2,1H3. The Balaban J connectivity index is 2.27. The quantitative estimate of drug-likeness (QED) is 0.789. The molecule has 0 radical (unpaired) electrons. The molecule has 1 saturated carbocycles. The number of rotatable bonds is 2. The lowest BCUT2D eigenvalue weighted by Crippen LogP contribution is -2.22. The Morgan fingerprint density at radius 3 is 2.47 bits per heavy atom. The highest BCUT2D eigenvalue weighted by molar-refractivity contribution is 5.22. The number of halogens is 1. The Labute approximate surface area is 89.9 Å². The van der Waals surface area contributed by atoms with Gasteiger partial charge in [0.15, 0.2) is 0 Å². The number of aliphatic hydroxyl groups excluding tert-OH is 1. The highest BCUT2D eigenvalue weighted by Gasteiger charge is 2.37. The van der Waals surface area contributed by atoms with Crippen LogP contribution in [0.15, 0.2) is 24.3 Å². The van der Waals surface area contributed by atoms with Gasteiger partial charge in [0.25, 0.3) is 0 Å². The molecule has 1 aliphatic rings. The van der Waals surface area contributed by atoms with Crippen molar-refractivity contribution in [1.29, 1.82) is 0 Å². The molecule has 1 aromatic rings. The molecule has 0 spiro atoms. The van der Waals surface area contributed by atoms with Gasteiger partial charge in [-0.3, -0.25) is 0 Å². The molecule has 1 aliphatic carbocycles. The van der Waals surface area contributed by atoms with Crippen LogP contribution < -0.4 is 0 Å². The van der Waals surface area contributed by atoms with E-state index in [1.54, 1.807) is 18.2 Å². The van der Waals surface area contributed by atoms with E-state index in [2.05, 4.69) is 6.92 Å². The van der Waals surface area contributed by atoms with Crippen LogP contribution in [0.3, 0.4) is 0 Å². The zero-order valence-electron chi connectivity index (χ0n) is 9.04. The first kappa shape index (κ1) is 10.6. The summed E-state index contributed by atoms with van der Waals surface area (Å²) in [5, 5.41) is 10.2. The highest BCUT2D eigenvalue weighted by Crippen LogP contribution is 2.47. The largest absolute Gasteiger partial charge is 0.388 e. The lowest BCUT2D eigenvalue weighted by molar-refractivity contribution is 0.0379. The van der Waals surface area contributed by atoms with Crippen molar-refractivity contribution in [2.24, 2.45) is 5.41 Å². The summed E-state index contributed by atoms with van der Waals surface area (Å²) in [4.78, 5) is 0. The molecule has 0 bridgehead atoms. The Bertz CT molecular complexity index is 342. The average molecular weight is 208 g/mol. The smallest absolute Gasteiger partial charge is 0.129 e. The van der Waals surface area contributed by atoms with E-state index in [1.165, 1.54) is 6.07 Å². The molecule has 15 heavy (non-hydrogen) atoms. The normalized spacial score (nSPS) is 21.5. The van der Waals surface area contributed by atoms with Crippen molar-refractivity contribution in [3.8, 4) is 0 Å². The molecule has 82 valence electrons. The fourth-order valence-electron chi connectivity index (χ4n) is 2.53. The molecule has 0 aromatic heterocycles. The molecule has 0 amide bonds.